The zero-order chi connectivity index (χ0) is 11.4. The average molecular weight is 230 g/mol. The van der Waals surface area contributed by atoms with E-state index in [0.29, 0.717) is 5.56 Å². The second-order valence-electron chi connectivity index (χ2n) is 3.52. The number of aliphatic hydroxyl groups is 2. The number of halogens is 1. The summed E-state index contributed by atoms with van der Waals surface area (Å²) in [4.78, 5) is 0.729. The van der Waals surface area contributed by atoms with E-state index < -0.39 is 6.10 Å². The monoisotopic (exact) mass is 230 g/mol. The van der Waals surface area contributed by atoms with Crippen LogP contribution in [0.25, 0.3) is 0 Å². The van der Waals surface area contributed by atoms with Crippen LogP contribution in [0, 0.1) is 5.82 Å². The van der Waals surface area contributed by atoms with Crippen molar-refractivity contribution in [2.24, 2.45) is 0 Å². The predicted octanol–water partition coefficient (Wildman–Crippen LogP) is 2.18. The lowest BCUT2D eigenvalue weighted by Crippen LogP contribution is -2.14. The number of thioether (sulfide) groups is 1. The van der Waals surface area contributed by atoms with Gasteiger partial charge in [-0.2, -0.15) is 0 Å². The van der Waals surface area contributed by atoms with E-state index in [1.807, 2.05) is 6.92 Å². The number of aliphatic hydroxyl groups excluding tert-OH is 2. The third kappa shape index (κ3) is 3.81. The zero-order valence-electron chi connectivity index (χ0n) is 8.77. The van der Waals surface area contributed by atoms with Crippen LogP contribution in [0.15, 0.2) is 23.1 Å². The normalized spacial score (nSPS) is 15.0. The minimum atomic E-state index is -0.448. The fourth-order valence-electron chi connectivity index (χ4n) is 1.09. The fourth-order valence-corrected chi connectivity index (χ4v) is 2.12. The van der Waals surface area contributed by atoms with Crippen LogP contribution in [0.3, 0.4) is 0 Å². The molecule has 84 valence electrons. The van der Waals surface area contributed by atoms with Gasteiger partial charge in [0, 0.05) is 10.1 Å². The van der Waals surface area contributed by atoms with Crippen LogP contribution in [-0.4, -0.2) is 21.6 Å². The Hall–Kier alpha value is -0.580. The maximum absolute atomic E-state index is 13.1. The molecular weight excluding hydrogens is 215 g/mol. The SMILES string of the molecule is CC(O)C(C)Sc1cc(F)cc(CO)c1. The van der Waals surface area contributed by atoms with E-state index in [4.69, 9.17) is 5.11 Å². The molecule has 2 N–H and O–H groups in total. The molecule has 0 aromatic heterocycles. The Morgan fingerprint density at radius 1 is 1.33 bits per heavy atom. The van der Waals surface area contributed by atoms with Crippen LogP contribution in [0.2, 0.25) is 0 Å². The van der Waals surface area contributed by atoms with E-state index in [1.165, 1.54) is 23.9 Å². The van der Waals surface area contributed by atoms with Gasteiger partial charge in [0.25, 0.3) is 0 Å². The van der Waals surface area contributed by atoms with Crippen LogP contribution in [0.4, 0.5) is 4.39 Å². The molecule has 1 aromatic carbocycles. The molecule has 0 aliphatic rings. The first-order chi connectivity index (χ1) is 7.02. The van der Waals surface area contributed by atoms with Gasteiger partial charge in [0.05, 0.1) is 12.7 Å². The topological polar surface area (TPSA) is 40.5 Å². The minimum absolute atomic E-state index is 0.00153. The summed E-state index contributed by atoms with van der Waals surface area (Å²) in [7, 11) is 0. The maximum Gasteiger partial charge on any atom is 0.124 e. The standard InChI is InChI=1S/C11H15FO2S/c1-7(14)8(2)15-11-4-9(6-13)3-10(12)5-11/h3-5,7-8,13-14H,6H2,1-2H3. The quantitative estimate of drug-likeness (QED) is 0.779. The maximum atomic E-state index is 13.1. The van der Waals surface area contributed by atoms with Gasteiger partial charge in [-0.05, 0) is 30.7 Å². The Balaban J connectivity index is 2.80. The number of benzene rings is 1. The first kappa shape index (κ1) is 12.5. The Bertz CT molecular complexity index is 328. The van der Waals surface area contributed by atoms with Crippen molar-refractivity contribution < 1.29 is 14.6 Å². The molecule has 4 heteroatoms. The Labute approximate surface area is 93.1 Å². The molecule has 0 bridgehead atoms. The van der Waals surface area contributed by atoms with Crippen LogP contribution in [-0.2, 0) is 6.61 Å². The summed E-state index contributed by atoms with van der Waals surface area (Å²) in [5, 5.41) is 18.2. The molecular formula is C11H15FO2S. The van der Waals surface area contributed by atoms with Crippen molar-refractivity contribution in [2.45, 2.75) is 36.7 Å². The lowest BCUT2D eigenvalue weighted by molar-refractivity contribution is 0.196. The highest BCUT2D eigenvalue weighted by Gasteiger charge is 2.11. The molecule has 2 nitrogen and oxygen atoms in total. The van der Waals surface area contributed by atoms with Gasteiger partial charge in [0.15, 0.2) is 0 Å². The van der Waals surface area contributed by atoms with Gasteiger partial charge in [0.1, 0.15) is 5.82 Å². The van der Waals surface area contributed by atoms with Crippen molar-refractivity contribution >= 4 is 11.8 Å². The highest BCUT2D eigenvalue weighted by atomic mass is 32.2. The van der Waals surface area contributed by atoms with Crippen LogP contribution >= 0.6 is 11.8 Å². The highest BCUT2D eigenvalue weighted by Crippen LogP contribution is 2.26. The van der Waals surface area contributed by atoms with Gasteiger partial charge in [-0.25, -0.2) is 4.39 Å². The van der Waals surface area contributed by atoms with E-state index in [-0.39, 0.29) is 17.7 Å². The largest absolute Gasteiger partial charge is 0.392 e. The van der Waals surface area contributed by atoms with Crippen molar-refractivity contribution in [1.82, 2.24) is 0 Å². The minimum Gasteiger partial charge on any atom is -0.392 e. The molecule has 2 unspecified atom stereocenters. The van der Waals surface area contributed by atoms with Gasteiger partial charge < -0.3 is 10.2 Å². The van der Waals surface area contributed by atoms with Gasteiger partial charge >= 0.3 is 0 Å². The summed E-state index contributed by atoms with van der Waals surface area (Å²) < 4.78 is 13.1. The smallest absolute Gasteiger partial charge is 0.124 e. The van der Waals surface area contributed by atoms with Gasteiger partial charge in [-0.1, -0.05) is 6.92 Å². The Kier molecular flexibility index (Phi) is 4.57. The van der Waals surface area contributed by atoms with Crippen molar-refractivity contribution in [3.8, 4) is 0 Å². The molecule has 0 heterocycles. The van der Waals surface area contributed by atoms with Gasteiger partial charge in [-0.15, -0.1) is 11.8 Å². The highest BCUT2D eigenvalue weighted by molar-refractivity contribution is 8.00. The van der Waals surface area contributed by atoms with Gasteiger partial charge in [0.2, 0.25) is 0 Å². The fraction of sp³-hybridized carbons (Fsp3) is 0.455. The van der Waals surface area contributed by atoms with E-state index in [2.05, 4.69) is 0 Å². The molecule has 0 amide bonds. The third-order valence-electron chi connectivity index (χ3n) is 2.11. The Morgan fingerprint density at radius 3 is 2.53 bits per heavy atom. The van der Waals surface area contributed by atoms with E-state index >= 15 is 0 Å². The molecule has 0 saturated heterocycles. The first-order valence-electron chi connectivity index (χ1n) is 4.78. The lowest BCUT2D eigenvalue weighted by atomic mass is 10.2. The number of hydrogen-bond acceptors (Lipinski definition) is 3. The van der Waals surface area contributed by atoms with Crippen LogP contribution < -0.4 is 0 Å². The van der Waals surface area contributed by atoms with Gasteiger partial charge in [-0.3, -0.25) is 0 Å². The second kappa shape index (κ2) is 5.49. The third-order valence-corrected chi connectivity index (χ3v) is 3.39. The Morgan fingerprint density at radius 2 is 2.00 bits per heavy atom. The molecule has 1 aromatic rings. The molecule has 0 radical (unpaired) electrons. The number of hydrogen-bond donors (Lipinski definition) is 2. The van der Waals surface area contributed by atoms with E-state index in [9.17, 15) is 9.50 Å². The molecule has 0 aliphatic carbocycles. The first-order valence-corrected chi connectivity index (χ1v) is 5.66. The second-order valence-corrected chi connectivity index (χ2v) is 4.97. The van der Waals surface area contributed by atoms with Crippen molar-refractivity contribution in [3.63, 3.8) is 0 Å². The molecule has 2 atom stereocenters. The van der Waals surface area contributed by atoms with Crippen LogP contribution in [0.5, 0.6) is 0 Å². The lowest BCUT2D eigenvalue weighted by Gasteiger charge is -2.14. The summed E-state index contributed by atoms with van der Waals surface area (Å²) in [6.07, 6.45) is -0.448. The molecule has 0 saturated carbocycles. The van der Waals surface area contributed by atoms with E-state index in [1.54, 1.807) is 13.0 Å². The molecule has 0 aliphatic heterocycles. The summed E-state index contributed by atoms with van der Waals surface area (Å²) >= 11 is 1.39. The zero-order valence-corrected chi connectivity index (χ0v) is 9.59. The predicted molar refractivity (Wildman–Crippen MR) is 59.3 cm³/mol. The average Bonchev–Trinajstić information content (AvgIpc) is 2.16. The molecule has 0 fully saturated rings. The number of rotatable bonds is 4. The summed E-state index contributed by atoms with van der Waals surface area (Å²) in [6.45, 7) is 3.40. The van der Waals surface area contributed by atoms with Crippen molar-refractivity contribution in [3.05, 3.63) is 29.6 Å². The van der Waals surface area contributed by atoms with Crippen molar-refractivity contribution in [1.29, 1.82) is 0 Å². The molecule has 0 spiro atoms. The molecule has 15 heavy (non-hydrogen) atoms. The van der Waals surface area contributed by atoms with Crippen LogP contribution in [0.1, 0.15) is 19.4 Å². The molecule has 1 rings (SSSR count). The summed E-state index contributed by atoms with van der Waals surface area (Å²) in [5.74, 6) is -0.359. The van der Waals surface area contributed by atoms with E-state index in [0.717, 1.165) is 4.90 Å². The summed E-state index contributed by atoms with van der Waals surface area (Å²) in [6, 6.07) is 4.44. The summed E-state index contributed by atoms with van der Waals surface area (Å²) in [5.41, 5.74) is 0.551. The van der Waals surface area contributed by atoms with Crippen molar-refractivity contribution in [2.75, 3.05) is 0 Å².